The number of hydrogen-bond donors (Lipinski definition) is 5. The molecular weight excluding hydrogens is 594 g/mol. The van der Waals surface area contributed by atoms with Crippen LogP contribution in [0.15, 0.2) is 42.0 Å². The van der Waals surface area contributed by atoms with Gasteiger partial charge in [0.25, 0.3) is 0 Å². The summed E-state index contributed by atoms with van der Waals surface area (Å²) in [7, 11) is 0. The van der Waals surface area contributed by atoms with E-state index in [1.807, 2.05) is 19.9 Å². The fourth-order valence-electron chi connectivity index (χ4n) is 5.02. The van der Waals surface area contributed by atoms with Gasteiger partial charge in [0.15, 0.2) is 0 Å². The number of alkyl carbamates (subject to hydrolysis) is 1. The van der Waals surface area contributed by atoms with E-state index in [1.165, 1.54) is 0 Å². The Morgan fingerprint density at radius 2 is 1.72 bits per heavy atom. The highest BCUT2D eigenvalue weighted by Gasteiger charge is 2.33. The Morgan fingerprint density at radius 1 is 1.02 bits per heavy atom. The van der Waals surface area contributed by atoms with E-state index in [0.29, 0.717) is 25.0 Å². The molecule has 46 heavy (non-hydrogen) atoms. The number of cyclic esters (lactones) is 1. The first-order valence-corrected chi connectivity index (χ1v) is 15.7. The second-order valence-electron chi connectivity index (χ2n) is 13.1. The van der Waals surface area contributed by atoms with Crippen molar-refractivity contribution >= 4 is 35.7 Å². The highest BCUT2D eigenvalue weighted by Crippen LogP contribution is 2.21. The summed E-state index contributed by atoms with van der Waals surface area (Å²) in [6.07, 6.45) is 2.27. The van der Waals surface area contributed by atoms with Crippen LogP contribution in [0.3, 0.4) is 0 Å². The van der Waals surface area contributed by atoms with Crippen molar-refractivity contribution in [1.82, 2.24) is 26.6 Å². The second-order valence-corrected chi connectivity index (χ2v) is 13.1. The topological polar surface area (TPSA) is 181 Å². The summed E-state index contributed by atoms with van der Waals surface area (Å²) < 4.78 is 10.3. The Balaban J connectivity index is 1.75. The van der Waals surface area contributed by atoms with Gasteiger partial charge >= 0.3 is 12.1 Å². The summed E-state index contributed by atoms with van der Waals surface area (Å²) in [5, 5.41) is 13.6. The van der Waals surface area contributed by atoms with Gasteiger partial charge in [0.2, 0.25) is 23.6 Å². The lowest BCUT2D eigenvalue weighted by molar-refractivity contribution is -0.135. The number of carbonyl (C=O) groups is 6. The molecule has 0 spiro atoms. The molecule has 3 rings (SSSR count). The molecule has 5 amide bonds. The Kier molecular flexibility index (Phi) is 13.1. The summed E-state index contributed by atoms with van der Waals surface area (Å²) in [5.41, 5.74) is 0.417. The molecule has 5 N–H and O–H groups in total. The number of benzene rings is 1. The minimum absolute atomic E-state index is 0.0129. The van der Waals surface area contributed by atoms with Crippen molar-refractivity contribution in [3.8, 4) is 0 Å². The third kappa shape index (κ3) is 11.5. The maximum atomic E-state index is 13.7. The third-order valence-corrected chi connectivity index (χ3v) is 7.61. The number of hydrogen-bond acceptors (Lipinski definition) is 8. The van der Waals surface area contributed by atoms with Crippen LogP contribution in [0.5, 0.6) is 0 Å². The lowest BCUT2D eigenvalue weighted by atomic mass is 9.95. The fourth-order valence-corrected chi connectivity index (χ4v) is 5.02. The maximum Gasteiger partial charge on any atom is 0.408 e. The van der Waals surface area contributed by atoms with Crippen molar-refractivity contribution in [3.63, 3.8) is 0 Å². The molecule has 13 nitrogen and oxygen atoms in total. The smallest absolute Gasteiger partial charge is 0.408 e. The van der Waals surface area contributed by atoms with Crippen molar-refractivity contribution in [3.05, 3.63) is 47.5 Å². The van der Waals surface area contributed by atoms with Gasteiger partial charge in [-0.25, -0.2) is 9.59 Å². The average Bonchev–Trinajstić information content (AvgIpc) is 3.59. The molecule has 4 atom stereocenters. The van der Waals surface area contributed by atoms with Crippen LogP contribution >= 0.6 is 0 Å². The van der Waals surface area contributed by atoms with Crippen LogP contribution in [0.1, 0.15) is 65.9 Å². The lowest BCUT2D eigenvalue weighted by Crippen LogP contribution is -2.58. The Hall–Kier alpha value is -4.42. The minimum Gasteiger partial charge on any atom is -0.462 e. The number of rotatable bonds is 14. The van der Waals surface area contributed by atoms with Gasteiger partial charge in [-0.05, 0) is 30.7 Å². The molecule has 1 aromatic carbocycles. The normalized spacial score (nSPS) is 19.1. The second kappa shape index (κ2) is 16.8. The molecule has 0 aliphatic carbocycles. The molecule has 0 saturated carbocycles. The van der Waals surface area contributed by atoms with Crippen molar-refractivity contribution in [2.24, 2.45) is 17.3 Å². The van der Waals surface area contributed by atoms with Gasteiger partial charge in [0.1, 0.15) is 18.7 Å². The minimum atomic E-state index is -1.26. The van der Waals surface area contributed by atoms with Gasteiger partial charge in [-0.15, -0.1) is 0 Å². The van der Waals surface area contributed by atoms with E-state index in [0.717, 1.165) is 5.56 Å². The number of nitrogens with one attached hydrogen (secondary N) is 5. The highest BCUT2D eigenvalue weighted by atomic mass is 16.5. The van der Waals surface area contributed by atoms with Gasteiger partial charge in [-0.2, -0.15) is 0 Å². The van der Waals surface area contributed by atoms with Crippen LogP contribution in [-0.4, -0.2) is 73.5 Å². The molecule has 2 fully saturated rings. The largest absolute Gasteiger partial charge is 0.462 e. The van der Waals surface area contributed by atoms with Crippen LogP contribution in [0.4, 0.5) is 4.79 Å². The van der Waals surface area contributed by atoms with Gasteiger partial charge in [-0.3, -0.25) is 19.2 Å². The first-order valence-electron chi connectivity index (χ1n) is 15.7. The molecule has 2 aliphatic heterocycles. The number of amides is 5. The quantitative estimate of drug-likeness (QED) is 0.151. The first kappa shape index (κ1) is 36.1. The Labute approximate surface area is 270 Å². The Morgan fingerprint density at radius 3 is 2.30 bits per heavy atom. The van der Waals surface area contributed by atoms with Crippen LogP contribution in [0.2, 0.25) is 0 Å². The average molecular weight is 642 g/mol. The van der Waals surface area contributed by atoms with Crippen molar-refractivity contribution in [2.75, 3.05) is 19.7 Å². The predicted octanol–water partition coefficient (Wildman–Crippen LogP) is 1.86. The van der Waals surface area contributed by atoms with E-state index >= 15 is 0 Å². The zero-order valence-corrected chi connectivity index (χ0v) is 27.3. The molecule has 0 bridgehead atoms. The van der Waals surface area contributed by atoms with E-state index in [-0.39, 0.29) is 56.3 Å². The molecular formula is C33H47N5O8. The molecule has 13 heteroatoms. The van der Waals surface area contributed by atoms with Crippen LogP contribution < -0.4 is 26.6 Å². The zero-order valence-electron chi connectivity index (χ0n) is 27.3. The highest BCUT2D eigenvalue weighted by molar-refractivity contribution is 5.93. The molecule has 252 valence electrons. The third-order valence-electron chi connectivity index (χ3n) is 7.61. The molecule has 0 unspecified atom stereocenters. The summed E-state index contributed by atoms with van der Waals surface area (Å²) in [6, 6.07) is 6.06. The predicted molar refractivity (Wildman–Crippen MR) is 169 cm³/mol. The monoisotopic (exact) mass is 641 g/mol. The summed E-state index contributed by atoms with van der Waals surface area (Å²) in [4.78, 5) is 77.1. The van der Waals surface area contributed by atoms with Crippen LogP contribution in [0, 0.1) is 17.3 Å². The van der Waals surface area contributed by atoms with E-state index < -0.39 is 47.4 Å². The van der Waals surface area contributed by atoms with Crippen molar-refractivity contribution < 1.29 is 38.2 Å². The standard InChI is InChI=1S/C33H47N5O8/c1-20(2)15-25(28(40)36-24(16-22-11-13-34-27(22)39)17-23-12-14-45-30(23)42)37-29(41)26(18-35-31(43)33(3,4)5)38-32(44)46-19-21-9-7-6-8-10-21/h6-10,17,20,22,24-26H,11-16,18-19H2,1-5H3,(H,34,39)(H,35,43)(H,36,40)(H,37,41)(H,38,44)/t22-,24-,25-,26-/m0/s1. The number of ether oxygens (including phenoxy) is 2. The number of carbonyl (C=O) groups excluding carboxylic acids is 6. The SMILES string of the molecule is CC(C)C[C@H](NC(=O)[C@H](CNC(=O)C(C)(C)C)NC(=O)OCc1ccccc1)C(=O)N[C@H](C=C1CCOC1=O)C[C@@H]1CCNC1=O. The van der Waals surface area contributed by atoms with E-state index in [2.05, 4.69) is 26.6 Å². The number of esters is 1. The molecule has 0 radical (unpaired) electrons. The summed E-state index contributed by atoms with van der Waals surface area (Å²) in [5.74, 6) is -2.50. The maximum absolute atomic E-state index is 13.7. The van der Waals surface area contributed by atoms with Crippen LogP contribution in [0.25, 0.3) is 0 Å². The van der Waals surface area contributed by atoms with Crippen molar-refractivity contribution in [1.29, 1.82) is 0 Å². The fraction of sp³-hybridized carbons (Fsp3) is 0.576. The molecule has 2 heterocycles. The molecule has 2 aliphatic rings. The van der Waals surface area contributed by atoms with Crippen molar-refractivity contribution in [2.45, 2.75) is 85.0 Å². The molecule has 1 aromatic rings. The van der Waals surface area contributed by atoms with E-state index in [1.54, 1.807) is 51.1 Å². The Bertz CT molecular complexity index is 1290. The van der Waals surface area contributed by atoms with E-state index in [9.17, 15) is 28.8 Å². The summed E-state index contributed by atoms with van der Waals surface area (Å²) >= 11 is 0. The summed E-state index contributed by atoms with van der Waals surface area (Å²) in [6.45, 7) is 9.44. The van der Waals surface area contributed by atoms with Crippen LogP contribution in [-0.2, 0) is 40.1 Å². The molecule has 0 aromatic heterocycles. The lowest BCUT2D eigenvalue weighted by Gasteiger charge is -2.27. The van der Waals surface area contributed by atoms with Gasteiger partial charge < -0.3 is 36.1 Å². The van der Waals surface area contributed by atoms with Gasteiger partial charge in [-0.1, -0.05) is 71.0 Å². The van der Waals surface area contributed by atoms with Gasteiger partial charge in [0.05, 0.1) is 6.61 Å². The zero-order chi connectivity index (χ0) is 33.9. The first-order chi connectivity index (χ1) is 21.7. The molecule has 2 saturated heterocycles. The van der Waals surface area contributed by atoms with E-state index in [4.69, 9.17) is 9.47 Å². The van der Waals surface area contributed by atoms with Gasteiger partial charge in [0, 0.05) is 42.5 Å².